The van der Waals surface area contributed by atoms with Gasteiger partial charge in [-0.2, -0.15) is 0 Å². The molecule has 2 saturated heterocycles. The molecule has 3 rings (SSSR count). The molecule has 439 valence electrons. The summed E-state index contributed by atoms with van der Waals surface area (Å²) >= 11 is 4.74. The van der Waals surface area contributed by atoms with Crippen molar-refractivity contribution in [3.63, 3.8) is 0 Å². The molecule has 3 aliphatic heterocycles. The smallest absolute Gasteiger partial charge is 0 e. The Morgan fingerprint density at radius 3 is 1.28 bits per heavy atom. The molecule has 0 aliphatic carbocycles. The van der Waals surface area contributed by atoms with E-state index in [1.165, 1.54) is 6.42 Å². The zero-order valence-corrected chi connectivity index (χ0v) is 68.2. The van der Waals surface area contributed by atoms with E-state index in [0.717, 1.165) is 39.1 Å². The Labute approximate surface area is 584 Å². The van der Waals surface area contributed by atoms with Crippen molar-refractivity contribution >= 4 is 58.2 Å². The second-order valence-corrected chi connectivity index (χ2v) is 28.9. The summed E-state index contributed by atoms with van der Waals surface area (Å²) in [5.41, 5.74) is 8.37. The topological polar surface area (TPSA) is 219 Å². The summed E-state index contributed by atoms with van der Waals surface area (Å²) in [6.07, 6.45) is 3.44. The van der Waals surface area contributed by atoms with E-state index in [-0.39, 0.29) is 174 Å². The number of nitrogens with zero attached hydrogens (tertiary/aromatic N) is 3. The molecule has 0 unspecified atom stereocenters. The van der Waals surface area contributed by atoms with Crippen molar-refractivity contribution in [1.82, 2.24) is 9.80 Å². The van der Waals surface area contributed by atoms with Gasteiger partial charge < -0.3 is 59.6 Å². The Hall–Kier alpha value is 3.95. The number of carbonyl (C=O) groups is 2. The van der Waals surface area contributed by atoms with Gasteiger partial charge in [0.25, 0.3) is 6.02 Å². The maximum atomic E-state index is 12.3. The molecule has 0 saturated carbocycles. The van der Waals surface area contributed by atoms with E-state index in [9.17, 15) is 9.59 Å². The summed E-state index contributed by atoms with van der Waals surface area (Å²) in [7, 11) is 0.628. The number of hydrogen-bond donors (Lipinski definition) is 4. The van der Waals surface area contributed by atoms with Crippen LogP contribution in [-0.2, 0) is 178 Å². The van der Waals surface area contributed by atoms with Crippen molar-refractivity contribution in [3.8, 4) is 0 Å². The number of aliphatic hydroxyl groups is 2. The van der Waals surface area contributed by atoms with Crippen LogP contribution in [0.25, 0.3) is 0 Å². The van der Waals surface area contributed by atoms with Gasteiger partial charge in [0.1, 0.15) is 29.3 Å². The quantitative estimate of drug-likeness (QED) is 0.0886. The van der Waals surface area contributed by atoms with E-state index in [1.54, 1.807) is 9.80 Å². The van der Waals surface area contributed by atoms with Crippen LogP contribution >= 0.6 is 40.0 Å². The number of nitrogens with two attached hydrogens (primary N) is 2. The zero-order chi connectivity index (χ0) is 56.6. The van der Waals surface area contributed by atoms with Gasteiger partial charge in [0, 0.05) is 183 Å². The fraction of sp³-hybridized carbons (Fsp3) is 0.940. The summed E-state index contributed by atoms with van der Waals surface area (Å²) < 4.78 is 42.6. The third-order valence-electron chi connectivity index (χ3n) is 8.20. The maximum absolute atomic E-state index is 12.3. The summed E-state index contributed by atoms with van der Waals surface area (Å²) in [5.74, 6) is 0. The van der Waals surface area contributed by atoms with E-state index in [0.29, 0.717) is 61.5 Å². The van der Waals surface area contributed by atoms with Crippen molar-refractivity contribution in [2.45, 2.75) is 238 Å². The number of amides is 2. The van der Waals surface area contributed by atoms with Gasteiger partial charge in [-0.1, -0.05) is 75.7 Å². The second kappa shape index (κ2) is 67.7. The Kier molecular flexibility index (Phi) is 94.3. The number of amidine groups is 1. The van der Waals surface area contributed by atoms with Gasteiger partial charge in [0.2, 0.25) is 0 Å². The summed E-state index contributed by atoms with van der Waals surface area (Å²) in [4.78, 5) is 31.7. The number of hydrogen-bond acceptors (Lipinski definition) is 15. The van der Waals surface area contributed by atoms with E-state index in [1.807, 2.05) is 145 Å². The second-order valence-electron chi connectivity index (χ2n) is 17.1. The fourth-order valence-corrected chi connectivity index (χ4v) is 5.48. The largest absolute Gasteiger partial charge is 0 e. The Balaban J connectivity index is -0.0000000737. The average molecular weight is 1630 g/mol. The molecule has 3 heterocycles. The predicted molar refractivity (Wildman–Crippen MR) is 305 cm³/mol. The van der Waals surface area contributed by atoms with Crippen LogP contribution in [0.3, 0.4) is 0 Å². The molecule has 24 heteroatoms. The minimum atomic E-state index is -0.678. The van der Waals surface area contributed by atoms with Crippen LogP contribution in [0.5, 0.6) is 0 Å². The first-order valence-corrected chi connectivity index (χ1v) is 34.7. The molecule has 4 radical (unpaired) electrons. The molecule has 0 aromatic carbocycles. The van der Waals surface area contributed by atoms with Gasteiger partial charge in [0.15, 0.2) is 0 Å². The van der Waals surface area contributed by atoms with Crippen LogP contribution in [0.2, 0.25) is 0 Å². The van der Waals surface area contributed by atoms with Gasteiger partial charge >= 0.3 is 61.6 Å². The van der Waals surface area contributed by atoms with Crippen molar-refractivity contribution in [2.75, 3.05) is 72.7 Å². The molecule has 6 N–H and O–H groups in total. The normalized spacial score (nSPS) is 17.1. The molecule has 2 amide bonds. The first-order chi connectivity index (χ1) is 32.8. The van der Waals surface area contributed by atoms with Crippen LogP contribution < -0.4 is 11.5 Å². The maximum Gasteiger partial charge on any atom is 0 e. The van der Waals surface area contributed by atoms with Crippen LogP contribution in [0, 0.1) is 0 Å². The molecule has 2 fully saturated rings. The number of aliphatic imine (C=N–C) groups is 1. The van der Waals surface area contributed by atoms with Gasteiger partial charge in [0.05, 0.1) is 37.9 Å². The molecule has 0 aromatic rings. The summed E-state index contributed by atoms with van der Waals surface area (Å²) in [6.45, 7) is 50.5. The molecule has 74 heavy (non-hydrogen) atoms. The zero-order valence-electron chi connectivity index (χ0n) is 51.1. The number of ether oxygens (including phenoxy) is 8. The van der Waals surface area contributed by atoms with Crippen LogP contribution in [0.1, 0.15) is 191 Å². The van der Waals surface area contributed by atoms with E-state index >= 15 is 0 Å². The van der Waals surface area contributed by atoms with Crippen molar-refractivity contribution in [3.05, 3.63) is 0 Å². The van der Waals surface area contributed by atoms with E-state index in [2.05, 4.69) is 58.8 Å². The third-order valence-corrected chi connectivity index (χ3v) is 8.20. The first-order valence-electron chi connectivity index (χ1n) is 25.7. The van der Waals surface area contributed by atoms with Gasteiger partial charge in [-0.25, -0.2) is 14.6 Å². The van der Waals surface area contributed by atoms with Crippen LogP contribution in [0.4, 0.5) is 9.59 Å². The van der Waals surface area contributed by atoms with E-state index < -0.39 is 28.7 Å². The van der Waals surface area contributed by atoms with Gasteiger partial charge in [-0.05, 0) is 116 Å². The number of carbonyl (C=O) groups excluding carboxylic acids is 2. The fourth-order valence-electron chi connectivity index (χ4n) is 5.48. The molecular formula is C50H111I2N5O12VY4. The SMILES string of the molecule is CC.CC.CC.CC.CC(C)(C)OC(=O)N1[C@@H](CCO)COC1(C)C.CCC.CCOCC[C@H](N)CO.CCOCC[C@H]1COC(C)(C)N1C(=O)OC(C)(C)C.CCOCC[C@H]1COC(N)=N1.[I][V][I].[Y].[Y].[Y].[Y]. The van der Waals surface area contributed by atoms with Crippen molar-refractivity contribution in [1.29, 1.82) is 0 Å². The Morgan fingerprint density at radius 2 is 1.00 bits per heavy atom. The minimum Gasteiger partial charge on any atom is 0 e. The molecule has 0 spiro atoms. The third kappa shape index (κ3) is 62.0. The standard InChI is InChI=1S/C14H27NO4.C12H23NO4.C7H14N2O2.C6H15NO2.C3H8.4C2H6.2HI.V.4Y/c1-7-17-9-8-11-10-18-14(5,6)15(11)12(16)19-13(2,3)4;1-11(2,3)17-10(15)13-9(6-7-14)8-16-12(13,4)5;1-2-10-4-3-6-5-11-7(8)9-6;1-2-9-4-3-6(7)5-8;1-3-2;4*1-2;;;;;;;/h11H,7-10H2,1-6H3;9,14H,6-8H2,1-5H3;6H,2-5H2,1H3,(H2,8,9);6,8H,2-5,7H2,1H3;3H2,1-2H3;4*1-2H3;2*1H;;;;;/q;;;;;;;;;;;+2;;;;/p-2/t11-;9-;2*6-;;;;;;;;;;;;/m0000............/s1. The summed E-state index contributed by atoms with van der Waals surface area (Å²) in [5, 5.41) is 17.4. The minimum absolute atomic E-state index is 0. The molecule has 4 atom stereocenters. The number of rotatable bonds is 15. The molecule has 0 aromatic heterocycles. The molecule has 17 nitrogen and oxygen atoms in total. The van der Waals surface area contributed by atoms with Gasteiger partial charge in [-0.15, -0.1) is 0 Å². The van der Waals surface area contributed by atoms with E-state index in [4.69, 9.17) is 59.6 Å². The van der Waals surface area contributed by atoms with Crippen molar-refractivity contribution < 1.29 is 198 Å². The predicted octanol–water partition coefficient (Wildman–Crippen LogP) is 11.7. The number of aliphatic hydroxyl groups excluding tert-OH is 2. The first kappa shape index (κ1) is 103. The Morgan fingerprint density at radius 1 is 0.676 bits per heavy atom. The molecule has 3 aliphatic rings. The van der Waals surface area contributed by atoms with Crippen molar-refractivity contribution in [2.24, 2.45) is 16.5 Å². The van der Waals surface area contributed by atoms with Crippen LogP contribution in [-0.4, -0.2) is 158 Å². The summed E-state index contributed by atoms with van der Waals surface area (Å²) in [6, 6.07) is 0.297. The molecule has 0 bridgehead atoms. The molecular weight excluding hydrogens is 1520 g/mol. The van der Waals surface area contributed by atoms with Gasteiger partial charge in [-0.3, -0.25) is 9.80 Å². The van der Waals surface area contributed by atoms with Crippen LogP contribution in [0.15, 0.2) is 4.99 Å². The number of halogens is 2. The Bertz CT molecular complexity index is 1190. The monoisotopic (exact) mass is 1630 g/mol. The average Bonchev–Trinajstić information content (AvgIpc) is 3.96.